The number of terminal acetylenes is 1. The zero-order valence-corrected chi connectivity index (χ0v) is 11.0. The van der Waals surface area contributed by atoms with E-state index in [0.29, 0.717) is 5.16 Å². The molecular weight excluding hydrogens is 250 g/mol. The molecule has 0 aliphatic rings. The van der Waals surface area contributed by atoms with Crippen LogP contribution in [-0.4, -0.2) is 28.2 Å². The number of rotatable bonds is 6. The lowest BCUT2D eigenvalue weighted by atomic mass is 10.2. The van der Waals surface area contributed by atoms with Crippen molar-refractivity contribution in [3.05, 3.63) is 22.1 Å². The maximum atomic E-state index is 11.4. The number of aromatic nitrogens is 2. The highest BCUT2D eigenvalue weighted by Gasteiger charge is 2.05. The number of H-pyrrole nitrogens is 1. The summed E-state index contributed by atoms with van der Waals surface area (Å²) in [5.41, 5.74) is 0.549. The minimum absolute atomic E-state index is 0.179. The van der Waals surface area contributed by atoms with Crippen LogP contribution in [-0.2, 0) is 11.2 Å². The summed E-state index contributed by atoms with van der Waals surface area (Å²) in [7, 11) is 0. The van der Waals surface area contributed by atoms with E-state index in [4.69, 9.17) is 6.42 Å². The molecule has 0 aliphatic carbocycles. The van der Waals surface area contributed by atoms with E-state index < -0.39 is 0 Å². The summed E-state index contributed by atoms with van der Waals surface area (Å²) in [6.07, 6.45) is 6.70. The summed E-state index contributed by atoms with van der Waals surface area (Å²) >= 11 is 1.19. The van der Waals surface area contributed by atoms with Gasteiger partial charge in [-0.3, -0.25) is 9.59 Å². The number of nitrogens with one attached hydrogen (secondary N) is 2. The molecule has 0 aliphatic heterocycles. The number of aryl methyl sites for hydroxylation is 1. The minimum atomic E-state index is -0.194. The summed E-state index contributed by atoms with van der Waals surface area (Å²) < 4.78 is 0. The van der Waals surface area contributed by atoms with Crippen LogP contribution in [0, 0.1) is 12.3 Å². The molecule has 0 saturated heterocycles. The van der Waals surface area contributed by atoms with Crippen molar-refractivity contribution in [2.24, 2.45) is 0 Å². The van der Waals surface area contributed by atoms with E-state index in [1.807, 2.05) is 6.92 Å². The lowest BCUT2D eigenvalue weighted by molar-refractivity contribution is -0.118. The summed E-state index contributed by atoms with van der Waals surface area (Å²) in [6, 6.07) is 1.48. The fraction of sp³-hybridized carbons (Fsp3) is 0.417. The van der Waals surface area contributed by atoms with Crippen molar-refractivity contribution in [1.29, 1.82) is 0 Å². The maximum absolute atomic E-state index is 11.4. The van der Waals surface area contributed by atoms with E-state index in [-0.39, 0.29) is 23.8 Å². The van der Waals surface area contributed by atoms with Gasteiger partial charge in [0.2, 0.25) is 5.91 Å². The summed E-state index contributed by atoms with van der Waals surface area (Å²) in [5.74, 6) is 2.32. The molecule has 0 fully saturated rings. The second-order valence-electron chi connectivity index (χ2n) is 3.56. The van der Waals surface area contributed by atoms with E-state index in [0.717, 1.165) is 18.5 Å². The number of aromatic amines is 1. The monoisotopic (exact) mass is 265 g/mol. The molecule has 18 heavy (non-hydrogen) atoms. The van der Waals surface area contributed by atoms with E-state index in [2.05, 4.69) is 21.2 Å². The zero-order chi connectivity index (χ0) is 13.4. The van der Waals surface area contributed by atoms with E-state index in [1.54, 1.807) is 0 Å². The molecule has 0 spiro atoms. The molecule has 6 heteroatoms. The van der Waals surface area contributed by atoms with Crippen LogP contribution in [0.4, 0.5) is 0 Å². The van der Waals surface area contributed by atoms with Crippen molar-refractivity contribution in [2.75, 3.05) is 12.3 Å². The average molecular weight is 265 g/mol. The first-order chi connectivity index (χ1) is 8.65. The maximum Gasteiger partial charge on any atom is 0.251 e. The van der Waals surface area contributed by atoms with Gasteiger partial charge in [-0.05, 0) is 6.42 Å². The van der Waals surface area contributed by atoms with Gasteiger partial charge in [0.15, 0.2) is 5.16 Å². The first-order valence-electron chi connectivity index (χ1n) is 5.59. The number of nitrogens with zero attached hydrogens (tertiary/aromatic N) is 1. The number of amides is 1. The van der Waals surface area contributed by atoms with E-state index in [9.17, 15) is 9.59 Å². The summed E-state index contributed by atoms with van der Waals surface area (Å²) in [4.78, 5) is 29.5. The van der Waals surface area contributed by atoms with Gasteiger partial charge in [0.05, 0.1) is 12.3 Å². The molecule has 1 amide bonds. The van der Waals surface area contributed by atoms with Gasteiger partial charge < -0.3 is 10.3 Å². The first kappa shape index (κ1) is 14.3. The van der Waals surface area contributed by atoms with E-state index >= 15 is 0 Å². The van der Waals surface area contributed by atoms with Crippen molar-refractivity contribution in [3.8, 4) is 12.3 Å². The van der Waals surface area contributed by atoms with Crippen LogP contribution in [0.1, 0.15) is 19.0 Å². The molecule has 0 aromatic carbocycles. The summed E-state index contributed by atoms with van der Waals surface area (Å²) in [6.45, 7) is 2.22. The molecule has 1 aromatic heterocycles. The Labute approximate surface area is 110 Å². The van der Waals surface area contributed by atoms with Gasteiger partial charge in [-0.1, -0.05) is 31.0 Å². The molecule has 0 unspecified atom stereocenters. The number of carbonyl (C=O) groups excluding carboxylic acids is 1. The fourth-order valence-corrected chi connectivity index (χ4v) is 2.00. The average Bonchev–Trinajstić information content (AvgIpc) is 2.33. The Morgan fingerprint density at radius 1 is 1.67 bits per heavy atom. The standard InChI is InChI=1S/C12H15N3O2S/c1-3-5-9-7-10(16)15-12(14-9)18-8-11(17)13-6-4-2/h2,7H,3,5-6,8H2,1H3,(H,13,17)(H,14,15,16). The third-order valence-electron chi connectivity index (χ3n) is 2.01. The number of hydrogen-bond acceptors (Lipinski definition) is 4. The molecule has 1 rings (SSSR count). The number of carbonyl (C=O) groups is 1. The van der Waals surface area contributed by atoms with Crippen molar-refractivity contribution in [2.45, 2.75) is 24.9 Å². The fourth-order valence-electron chi connectivity index (χ4n) is 1.27. The highest BCUT2D eigenvalue weighted by Crippen LogP contribution is 2.11. The smallest absolute Gasteiger partial charge is 0.251 e. The van der Waals surface area contributed by atoms with Crippen LogP contribution >= 0.6 is 11.8 Å². The van der Waals surface area contributed by atoms with Crippen LogP contribution in [0.15, 0.2) is 16.0 Å². The number of hydrogen-bond donors (Lipinski definition) is 2. The molecular formula is C12H15N3O2S. The molecule has 0 radical (unpaired) electrons. The Hall–Kier alpha value is -1.74. The largest absolute Gasteiger partial charge is 0.344 e. The predicted molar refractivity (Wildman–Crippen MR) is 71.4 cm³/mol. The Morgan fingerprint density at radius 2 is 2.44 bits per heavy atom. The molecule has 1 heterocycles. The normalized spacial score (nSPS) is 9.78. The highest BCUT2D eigenvalue weighted by atomic mass is 32.2. The van der Waals surface area contributed by atoms with Crippen molar-refractivity contribution < 1.29 is 4.79 Å². The third kappa shape index (κ3) is 5.06. The van der Waals surface area contributed by atoms with Crippen LogP contribution in [0.5, 0.6) is 0 Å². The van der Waals surface area contributed by atoms with Gasteiger partial charge in [-0.25, -0.2) is 4.98 Å². The predicted octanol–water partition coefficient (Wildman–Crippen LogP) is 0.564. The van der Waals surface area contributed by atoms with Gasteiger partial charge >= 0.3 is 0 Å². The highest BCUT2D eigenvalue weighted by molar-refractivity contribution is 7.99. The molecule has 0 bridgehead atoms. The lowest BCUT2D eigenvalue weighted by Crippen LogP contribution is -2.25. The van der Waals surface area contributed by atoms with Crippen molar-refractivity contribution in [3.63, 3.8) is 0 Å². The molecule has 0 saturated carbocycles. The SMILES string of the molecule is C#CCNC(=O)CSc1nc(CCC)cc(=O)[nH]1. The van der Waals surface area contributed by atoms with Gasteiger partial charge in [-0.15, -0.1) is 6.42 Å². The van der Waals surface area contributed by atoms with Gasteiger partial charge in [-0.2, -0.15) is 0 Å². The van der Waals surface area contributed by atoms with Crippen molar-refractivity contribution in [1.82, 2.24) is 15.3 Å². The Bertz CT molecular complexity index is 505. The van der Waals surface area contributed by atoms with Crippen LogP contribution in [0.25, 0.3) is 0 Å². The summed E-state index contributed by atoms with van der Waals surface area (Å²) in [5, 5.41) is 3.00. The Morgan fingerprint density at radius 3 is 3.11 bits per heavy atom. The minimum Gasteiger partial charge on any atom is -0.344 e. The van der Waals surface area contributed by atoms with Gasteiger partial charge in [0, 0.05) is 11.8 Å². The first-order valence-corrected chi connectivity index (χ1v) is 6.57. The van der Waals surface area contributed by atoms with Crippen LogP contribution in [0.3, 0.4) is 0 Å². The second-order valence-corrected chi connectivity index (χ2v) is 4.53. The van der Waals surface area contributed by atoms with Crippen LogP contribution < -0.4 is 10.9 Å². The topological polar surface area (TPSA) is 74.8 Å². The Balaban J connectivity index is 2.59. The second kappa shape index (κ2) is 7.56. The van der Waals surface area contributed by atoms with Crippen LogP contribution in [0.2, 0.25) is 0 Å². The number of thioether (sulfide) groups is 1. The molecule has 0 atom stereocenters. The Kier molecular flexibility index (Phi) is 6.01. The zero-order valence-electron chi connectivity index (χ0n) is 10.2. The third-order valence-corrected chi connectivity index (χ3v) is 2.88. The quantitative estimate of drug-likeness (QED) is 0.448. The van der Waals surface area contributed by atoms with E-state index in [1.165, 1.54) is 17.8 Å². The van der Waals surface area contributed by atoms with Gasteiger partial charge in [0.25, 0.3) is 5.56 Å². The molecule has 1 aromatic rings. The van der Waals surface area contributed by atoms with Gasteiger partial charge in [0.1, 0.15) is 0 Å². The molecule has 96 valence electrons. The lowest BCUT2D eigenvalue weighted by Gasteiger charge is -2.03. The van der Waals surface area contributed by atoms with Crippen molar-refractivity contribution >= 4 is 17.7 Å². The molecule has 5 nitrogen and oxygen atoms in total. The molecule has 2 N–H and O–H groups in total.